The monoisotopic (exact) mass is 865 g/mol. The van der Waals surface area contributed by atoms with Gasteiger partial charge in [0.25, 0.3) is 0 Å². The van der Waals surface area contributed by atoms with Gasteiger partial charge < -0.3 is 14.2 Å². The van der Waals surface area contributed by atoms with E-state index in [0.29, 0.717) is 19.4 Å². The zero-order valence-corrected chi connectivity index (χ0v) is 41.1. The Kier molecular flexibility index (Phi) is 50.4. The first kappa shape index (κ1) is 59.3. The van der Waals surface area contributed by atoms with E-state index in [2.05, 4.69) is 93.7 Å². The van der Waals surface area contributed by atoms with Crippen molar-refractivity contribution in [2.45, 2.75) is 258 Å². The zero-order valence-electron chi connectivity index (χ0n) is 41.1. The first-order chi connectivity index (χ1) is 30.6. The van der Waals surface area contributed by atoms with Gasteiger partial charge in [0.15, 0.2) is 6.10 Å². The summed E-state index contributed by atoms with van der Waals surface area (Å²) in [6.07, 6.45) is 67.7. The van der Waals surface area contributed by atoms with E-state index < -0.39 is 6.10 Å². The Bertz CT molecular complexity index is 1110. The van der Waals surface area contributed by atoms with Crippen molar-refractivity contribution >= 4 is 11.9 Å². The first-order valence-electron chi connectivity index (χ1n) is 26.5. The number of hydrogen-bond donors (Lipinski definition) is 0. The molecule has 0 aromatic rings. The predicted molar refractivity (Wildman–Crippen MR) is 270 cm³/mol. The van der Waals surface area contributed by atoms with E-state index in [4.69, 9.17) is 14.2 Å². The van der Waals surface area contributed by atoms with Gasteiger partial charge in [0.05, 0.1) is 6.61 Å². The molecule has 5 heteroatoms. The first-order valence-corrected chi connectivity index (χ1v) is 26.5. The number of esters is 2. The fourth-order valence-electron chi connectivity index (χ4n) is 7.28. The molecule has 0 radical (unpaired) electrons. The van der Waals surface area contributed by atoms with Crippen molar-refractivity contribution < 1.29 is 23.8 Å². The maximum absolute atomic E-state index is 12.8. The van der Waals surface area contributed by atoms with Crippen LogP contribution in [0.5, 0.6) is 0 Å². The summed E-state index contributed by atoms with van der Waals surface area (Å²) in [5.74, 6) is -0.431. The number of ether oxygens (including phenoxy) is 3. The van der Waals surface area contributed by atoms with E-state index in [0.717, 1.165) is 83.5 Å². The van der Waals surface area contributed by atoms with Crippen molar-refractivity contribution in [3.05, 3.63) is 72.9 Å². The van der Waals surface area contributed by atoms with E-state index in [1.54, 1.807) is 0 Å². The number of unbranched alkanes of at least 4 members (excludes halogenated alkanes) is 25. The van der Waals surface area contributed by atoms with Crippen molar-refractivity contribution in [2.24, 2.45) is 0 Å². The summed E-state index contributed by atoms with van der Waals surface area (Å²) in [6, 6.07) is 0. The van der Waals surface area contributed by atoms with Crippen molar-refractivity contribution in [2.75, 3.05) is 19.8 Å². The van der Waals surface area contributed by atoms with Crippen LogP contribution in [0, 0.1) is 0 Å². The minimum atomic E-state index is -0.552. The largest absolute Gasteiger partial charge is 0.462 e. The minimum absolute atomic E-state index is 0.0658. The van der Waals surface area contributed by atoms with Crippen molar-refractivity contribution in [3.8, 4) is 0 Å². The average Bonchev–Trinajstić information content (AvgIpc) is 3.27. The number of hydrogen-bond acceptors (Lipinski definition) is 5. The van der Waals surface area contributed by atoms with Gasteiger partial charge in [-0.1, -0.05) is 229 Å². The molecule has 0 fully saturated rings. The number of rotatable bonds is 48. The second-order valence-corrected chi connectivity index (χ2v) is 17.4. The molecule has 0 bridgehead atoms. The Morgan fingerprint density at radius 3 is 1.24 bits per heavy atom. The standard InChI is InChI=1S/C57H100O5/c1-4-7-10-13-16-19-22-25-27-28-29-30-32-33-35-38-41-44-47-50-56(58)61-54-55(53-60-52-49-46-43-40-37-24-21-18-15-12-9-6-3)62-57(59)51-48-45-42-39-36-34-31-26-23-20-17-14-11-8-5-2/h7,10,15-16,18-19,25,27,29-30,33,35,55H,4-6,8-9,11-14,17,20-24,26,28,31-32,34,36-54H2,1-3H3/b10-7-,18-15-,19-16-,27-25-,30-29-,35-33-. The number of carbonyl (C=O) groups is 2. The Balaban J connectivity index is 4.30. The summed E-state index contributed by atoms with van der Waals surface area (Å²) in [6.45, 7) is 7.66. The number of allylic oxidation sites excluding steroid dienone is 12. The van der Waals surface area contributed by atoms with Crippen molar-refractivity contribution in [1.29, 1.82) is 0 Å². The van der Waals surface area contributed by atoms with E-state index in [-0.39, 0.29) is 25.2 Å². The fourth-order valence-corrected chi connectivity index (χ4v) is 7.28. The highest BCUT2D eigenvalue weighted by Gasteiger charge is 2.17. The molecule has 0 N–H and O–H groups in total. The molecule has 1 unspecified atom stereocenters. The lowest BCUT2D eigenvalue weighted by Crippen LogP contribution is -2.30. The lowest BCUT2D eigenvalue weighted by atomic mass is 10.0. The Morgan fingerprint density at radius 2 is 0.742 bits per heavy atom. The van der Waals surface area contributed by atoms with Crippen LogP contribution < -0.4 is 0 Å². The molecule has 5 nitrogen and oxygen atoms in total. The van der Waals surface area contributed by atoms with Crippen LogP contribution >= 0.6 is 0 Å². The molecular formula is C57H100O5. The number of carbonyl (C=O) groups excluding carboxylic acids is 2. The van der Waals surface area contributed by atoms with Crippen LogP contribution in [0.2, 0.25) is 0 Å². The molecule has 0 aliphatic rings. The summed E-state index contributed by atoms with van der Waals surface area (Å²) < 4.78 is 17.4. The van der Waals surface area contributed by atoms with Crippen LogP contribution in [0.15, 0.2) is 72.9 Å². The molecule has 0 rings (SSSR count). The minimum Gasteiger partial charge on any atom is -0.462 e. The van der Waals surface area contributed by atoms with Gasteiger partial charge in [-0.15, -0.1) is 0 Å². The molecule has 0 saturated carbocycles. The molecule has 0 heterocycles. The van der Waals surface area contributed by atoms with Gasteiger partial charge in [-0.2, -0.15) is 0 Å². The van der Waals surface area contributed by atoms with Crippen LogP contribution in [-0.4, -0.2) is 37.9 Å². The smallest absolute Gasteiger partial charge is 0.306 e. The van der Waals surface area contributed by atoms with E-state index in [9.17, 15) is 9.59 Å². The highest BCUT2D eigenvalue weighted by Crippen LogP contribution is 2.15. The van der Waals surface area contributed by atoms with Gasteiger partial charge >= 0.3 is 11.9 Å². The normalized spacial score (nSPS) is 12.8. The van der Waals surface area contributed by atoms with Gasteiger partial charge in [0.2, 0.25) is 0 Å². The molecule has 62 heavy (non-hydrogen) atoms. The molecule has 1 atom stereocenters. The molecule has 0 spiro atoms. The van der Waals surface area contributed by atoms with Crippen molar-refractivity contribution in [3.63, 3.8) is 0 Å². The van der Waals surface area contributed by atoms with Gasteiger partial charge in [-0.25, -0.2) is 0 Å². The molecule has 0 aliphatic heterocycles. The maximum Gasteiger partial charge on any atom is 0.306 e. The van der Waals surface area contributed by atoms with E-state index in [1.165, 1.54) is 135 Å². The van der Waals surface area contributed by atoms with Gasteiger partial charge in [0, 0.05) is 19.4 Å². The highest BCUT2D eigenvalue weighted by molar-refractivity contribution is 5.70. The summed E-state index contributed by atoms with van der Waals surface area (Å²) in [5.41, 5.74) is 0. The third-order valence-electron chi connectivity index (χ3n) is 11.2. The van der Waals surface area contributed by atoms with Crippen LogP contribution in [0.3, 0.4) is 0 Å². The molecule has 0 amide bonds. The van der Waals surface area contributed by atoms with Crippen LogP contribution in [0.4, 0.5) is 0 Å². The lowest BCUT2D eigenvalue weighted by molar-refractivity contribution is -0.163. The van der Waals surface area contributed by atoms with Crippen LogP contribution in [-0.2, 0) is 23.8 Å². The fraction of sp³-hybridized carbons (Fsp3) is 0.754. The molecule has 0 aromatic carbocycles. The van der Waals surface area contributed by atoms with Crippen molar-refractivity contribution in [1.82, 2.24) is 0 Å². The molecular weight excluding hydrogens is 765 g/mol. The zero-order chi connectivity index (χ0) is 44.9. The maximum atomic E-state index is 12.8. The summed E-state index contributed by atoms with van der Waals surface area (Å²) >= 11 is 0. The van der Waals surface area contributed by atoms with Gasteiger partial charge in [-0.05, 0) is 83.5 Å². The third-order valence-corrected chi connectivity index (χ3v) is 11.2. The van der Waals surface area contributed by atoms with Crippen LogP contribution in [0.25, 0.3) is 0 Å². The van der Waals surface area contributed by atoms with E-state index >= 15 is 0 Å². The highest BCUT2D eigenvalue weighted by atomic mass is 16.6. The average molecular weight is 865 g/mol. The molecule has 358 valence electrons. The summed E-state index contributed by atoms with van der Waals surface area (Å²) in [7, 11) is 0. The Hall–Kier alpha value is -2.66. The quantitative estimate of drug-likeness (QED) is 0.0346. The predicted octanol–water partition coefficient (Wildman–Crippen LogP) is 17.9. The summed E-state index contributed by atoms with van der Waals surface area (Å²) in [4.78, 5) is 25.4. The molecule has 0 saturated heterocycles. The van der Waals surface area contributed by atoms with Gasteiger partial charge in [-0.3, -0.25) is 9.59 Å². The lowest BCUT2D eigenvalue weighted by Gasteiger charge is -2.18. The molecule has 0 aliphatic carbocycles. The Labute approximate surface area is 385 Å². The Morgan fingerprint density at radius 1 is 0.371 bits per heavy atom. The second kappa shape index (κ2) is 52.7. The SMILES string of the molecule is CC/C=C\C/C=C\C/C=C\C/C=C\C/C=C\CCCCCC(=O)OCC(COCCCCCCCC/C=C\CCCC)OC(=O)CCCCCCCCCCCCCCCCC. The van der Waals surface area contributed by atoms with E-state index in [1.807, 2.05) is 0 Å². The van der Waals surface area contributed by atoms with Crippen LogP contribution in [0.1, 0.15) is 252 Å². The molecule has 0 aromatic heterocycles. The third kappa shape index (κ3) is 50.0. The topological polar surface area (TPSA) is 61.8 Å². The second-order valence-electron chi connectivity index (χ2n) is 17.4. The summed E-state index contributed by atoms with van der Waals surface area (Å²) in [5, 5.41) is 0. The van der Waals surface area contributed by atoms with Gasteiger partial charge in [0.1, 0.15) is 6.61 Å².